The van der Waals surface area contributed by atoms with Crippen LogP contribution in [-0.2, 0) is 33.4 Å². The van der Waals surface area contributed by atoms with Crippen molar-refractivity contribution in [2.75, 3.05) is 0 Å². The zero-order valence-corrected chi connectivity index (χ0v) is 12.4. The zero-order valence-electron chi connectivity index (χ0n) is 12.4. The molecule has 0 N–H and O–H groups in total. The molecule has 116 valence electrons. The smallest absolute Gasteiger partial charge is 0.355 e. The lowest BCUT2D eigenvalue weighted by Gasteiger charge is -2.45. The van der Waals surface area contributed by atoms with E-state index < -0.39 is 41.1 Å². The number of hydrogen-bond acceptors (Lipinski definition) is 7. The van der Waals surface area contributed by atoms with Crippen molar-refractivity contribution in [3.8, 4) is 0 Å². The van der Waals surface area contributed by atoms with Gasteiger partial charge in [0.05, 0.1) is 0 Å². The molecule has 0 unspecified atom stereocenters. The number of cyclic esters (lactones) is 1. The van der Waals surface area contributed by atoms with Crippen molar-refractivity contribution in [1.29, 1.82) is 0 Å². The van der Waals surface area contributed by atoms with E-state index in [1.807, 2.05) is 0 Å². The van der Waals surface area contributed by atoms with Crippen LogP contribution in [0.25, 0.3) is 0 Å². The summed E-state index contributed by atoms with van der Waals surface area (Å²) in [5.41, 5.74) is -3.27. The number of ether oxygens (including phenoxy) is 3. The van der Waals surface area contributed by atoms with Crippen LogP contribution in [0.4, 0.5) is 0 Å². The summed E-state index contributed by atoms with van der Waals surface area (Å²) in [6.07, 6.45) is -0.782. The normalized spacial score (nSPS) is 38.5. The van der Waals surface area contributed by atoms with Crippen LogP contribution >= 0.6 is 0 Å². The first-order chi connectivity index (χ1) is 9.66. The van der Waals surface area contributed by atoms with Crippen LogP contribution in [0.1, 0.15) is 40.5 Å². The molecular weight excluding hydrogens is 280 g/mol. The molecule has 0 spiro atoms. The number of esters is 3. The molecule has 7 heteroatoms. The van der Waals surface area contributed by atoms with Crippen molar-refractivity contribution in [2.45, 2.75) is 52.4 Å². The Bertz CT molecular complexity index is 525. The molecule has 0 amide bonds. The maximum atomic E-state index is 12.5. The SMILES string of the molecule is CC(=O)O[C@H]1OC(=O)[C@@]2(OC(C)=O)[C@@H](C)CCC(=O)[C@@]12C. The average Bonchev–Trinajstić information content (AvgIpc) is 2.57. The highest BCUT2D eigenvalue weighted by molar-refractivity contribution is 6.00. The molecule has 2 rings (SSSR count). The first-order valence-electron chi connectivity index (χ1n) is 6.77. The molecule has 1 saturated carbocycles. The van der Waals surface area contributed by atoms with Crippen molar-refractivity contribution in [1.82, 2.24) is 0 Å². The number of rotatable bonds is 2. The van der Waals surface area contributed by atoms with Crippen LogP contribution in [0, 0.1) is 11.3 Å². The fourth-order valence-electron chi connectivity index (χ4n) is 3.32. The van der Waals surface area contributed by atoms with Crippen molar-refractivity contribution >= 4 is 23.7 Å². The Kier molecular flexibility index (Phi) is 3.55. The molecular formula is C14H18O7. The van der Waals surface area contributed by atoms with Gasteiger partial charge in [-0.15, -0.1) is 0 Å². The van der Waals surface area contributed by atoms with Gasteiger partial charge in [0.1, 0.15) is 0 Å². The Morgan fingerprint density at radius 1 is 1.24 bits per heavy atom. The van der Waals surface area contributed by atoms with Crippen LogP contribution in [0.5, 0.6) is 0 Å². The van der Waals surface area contributed by atoms with Gasteiger partial charge in [-0.1, -0.05) is 6.92 Å². The number of carbonyl (C=O) groups is 4. The molecule has 2 fully saturated rings. The maximum Gasteiger partial charge on any atom is 0.355 e. The molecule has 21 heavy (non-hydrogen) atoms. The second-order valence-corrected chi connectivity index (χ2v) is 5.74. The number of hydrogen-bond donors (Lipinski definition) is 0. The van der Waals surface area contributed by atoms with E-state index in [0.717, 1.165) is 13.8 Å². The highest BCUT2D eigenvalue weighted by atomic mass is 16.7. The van der Waals surface area contributed by atoms with Crippen molar-refractivity contribution in [2.24, 2.45) is 11.3 Å². The summed E-state index contributed by atoms with van der Waals surface area (Å²) in [6, 6.07) is 0. The number of fused-ring (bicyclic) bond motifs is 1. The third kappa shape index (κ3) is 1.94. The van der Waals surface area contributed by atoms with Crippen molar-refractivity contribution < 1.29 is 33.4 Å². The van der Waals surface area contributed by atoms with E-state index >= 15 is 0 Å². The predicted molar refractivity (Wildman–Crippen MR) is 67.7 cm³/mol. The maximum absolute atomic E-state index is 12.5. The van der Waals surface area contributed by atoms with Gasteiger partial charge in [-0.2, -0.15) is 0 Å². The van der Waals surface area contributed by atoms with Gasteiger partial charge in [-0.25, -0.2) is 4.79 Å². The standard InChI is InChI=1S/C14H18O7/c1-7-5-6-10(17)13(4)12(19-8(2)15)20-11(18)14(7,13)21-9(3)16/h7,12H,5-6H2,1-4H3/t7-,12-,13-,14-/m0/s1. The fraction of sp³-hybridized carbons (Fsp3) is 0.714. The molecule has 1 aliphatic carbocycles. The lowest BCUT2D eigenvalue weighted by atomic mass is 9.59. The Hall–Kier alpha value is -1.92. The molecule has 4 atom stereocenters. The molecule has 1 heterocycles. The zero-order chi connectivity index (χ0) is 16.0. The van der Waals surface area contributed by atoms with Gasteiger partial charge >= 0.3 is 17.9 Å². The third-order valence-corrected chi connectivity index (χ3v) is 4.42. The fourth-order valence-corrected chi connectivity index (χ4v) is 3.32. The minimum absolute atomic E-state index is 0.203. The second kappa shape index (κ2) is 4.82. The van der Waals surface area contributed by atoms with Crippen LogP contribution < -0.4 is 0 Å². The Morgan fingerprint density at radius 2 is 1.86 bits per heavy atom. The first-order valence-corrected chi connectivity index (χ1v) is 6.77. The van der Waals surface area contributed by atoms with E-state index in [9.17, 15) is 19.2 Å². The van der Waals surface area contributed by atoms with E-state index in [0.29, 0.717) is 6.42 Å². The topological polar surface area (TPSA) is 96.0 Å². The Balaban J connectivity index is 2.58. The van der Waals surface area contributed by atoms with E-state index in [1.54, 1.807) is 6.92 Å². The highest BCUT2D eigenvalue weighted by Gasteiger charge is 2.76. The molecule has 2 aliphatic rings. The summed E-state index contributed by atoms with van der Waals surface area (Å²) in [6.45, 7) is 5.48. The van der Waals surface area contributed by atoms with Gasteiger partial charge in [-0.05, 0) is 13.3 Å². The van der Waals surface area contributed by atoms with Crippen molar-refractivity contribution in [3.05, 3.63) is 0 Å². The van der Waals surface area contributed by atoms with Crippen LogP contribution in [0.15, 0.2) is 0 Å². The molecule has 0 aromatic heterocycles. The lowest BCUT2D eigenvalue weighted by Crippen LogP contribution is -2.63. The average molecular weight is 298 g/mol. The first kappa shape index (κ1) is 15.5. The molecule has 1 aliphatic heterocycles. The second-order valence-electron chi connectivity index (χ2n) is 5.74. The van der Waals surface area contributed by atoms with Gasteiger partial charge in [0.15, 0.2) is 11.2 Å². The van der Waals surface area contributed by atoms with Crippen LogP contribution in [0.2, 0.25) is 0 Å². The van der Waals surface area contributed by atoms with Gasteiger partial charge < -0.3 is 14.2 Å². The Labute approximate surface area is 121 Å². The third-order valence-electron chi connectivity index (χ3n) is 4.42. The number of Topliss-reactive ketones (excluding diaryl/α,β-unsaturated/α-hetero) is 1. The van der Waals surface area contributed by atoms with Crippen LogP contribution in [-0.4, -0.2) is 35.6 Å². The summed E-state index contributed by atoms with van der Waals surface area (Å²) in [7, 11) is 0. The minimum Gasteiger partial charge on any atom is -0.445 e. The Morgan fingerprint density at radius 3 is 2.38 bits per heavy atom. The van der Waals surface area contributed by atoms with E-state index in [2.05, 4.69) is 0 Å². The summed E-state index contributed by atoms with van der Waals surface area (Å²) in [4.78, 5) is 47.5. The van der Waals surface area contributed by atoms with E-state index in [4.69, 9.17) is 14.2 Å². The lowest BCUT2D eigenvalue weighted by molar-refractivity contribution is -0.204. The summed E-state index contributed by atoms with van der Waals surface area (Å²) in [5, 5.41) is 0. The quantitative estimate of drug-likeness (QED) is 0.694. The van der Waals surface area contributed by atoms with Gasteiger partial charge in [-0.3, -0.25) is 14.4 Å². The largest absolute Gasteiger partial charge is 0.445 e. The molecule has 7 nitrogen and oxygen atoms in total. The highest BCUT2D eigenvalue weighted by Crippen LogP contribution is 2.55. The molecule has 1 saturated heterocycles. The molecule has 0 bridgehead atoms. The van der Waals surface area contributed by atoms with Gasteiger partial charge in [0.2, 0.25) is 5.60 Å². The number of carbonyl (C=O) groups excluding carboxylic acids is 4. The predicted octanol–water partition coefficient (Wildman–Crippen LogP) is 0.740. The number of ketones is 1. The summed E-state index contributed by atoms with van der Waals surface area (Å²) >= 11 is 0. The molecule has 0 radical (unpaired) electrons. The molecule has 0 aromatic rings. The summed E-state index contributed by atoms with van der Waals surface area (Å²) < 4.78 is 15.4. The molecule has 0 aromatic carbocycles. The minimum atomic E-state index is -1.74. The van der Waals surface area contributed by atoms with Gasteiger partial charge in [0.25, 0.3) is 6.29 Å². The van der Waals surface area contributed by atoms with Crippen LogP contribution in [0.3, 0.4) is 0 Å². The van der Waals surface area contributed by atoms with Crippen molar-refractivity contribution in [3.63, 3.8) is 0 Å². The summed E-state index contributed by atoms with van der Waals surface area (Å²) in [5.74, 6) is -2.95. The van der Waals surface area contributed by atoms with E-state index in [-0.39, 0.29) is 12.2 Å². The van der Waals surface area contributed by atoms with E-state index in [1.165, 1.54) is 6.92 Å². The monoisotopic (exact) mass is 298 g/mol. The van der Waals surface area contributed by atoms with Gasteiger partial charge in [0, 0.05) is 26.2 Å².